The second kappa shape index (κ2) is 13.7. The van der Waals surface area contributed by atoms with Crippen molar-refractivity contribution in [2.75, 3.05) is 50.8 Å². The van der Waals surface area contributed by atoms with E-state index < -0.39 is 0 Å². The van der Waals surface area contributed by atoms with Crippen LogP contribution in [0, 0.1) is 0 Å². The van der Waals surface area contributed by atoms with Gasteiger partial charge in [-0.05, 0) is 65.6 Å². The molecule has 0 spiro atoms. The zero-order valence-electron chi connectivity index (χ0n) is 25.0. The lowest BCUT2D eigenvalue weighted by molar-refractivity contribution is -0.135. The van der Waals surface area contributed by atoms with Gasteiger partial charge in [0.05, 0.1) is 19.8 Å². The van der Waals surface area contributed by atoms with Gasteiger partial charge in [-0.1, -0.05) is 48.0 Å². The van der Waals surface area contributed by atoms with Crippen LogP contribution in [0.15, 0.2) is 78.9 Å². The predicted octanol–water partition coefficient (Wildman–Crippen LogP) is 4.33. The van der Waals surface area contributed by atoms with Crippen LogP contribution in [-0.4, -0.2) is 84.3 Å². The summed E-state index contributed by atoms with van der Waals surface area (Å²) >= 11 is 6.04. The Balaban J connectivity index is 1.25. The van der Waals surface area contributed by atoms with Crippen molar-refractivity contribution >= 4 is 40.9 Å². The second-order valence-corrected chi connectivity index (χ2v) is 11.9. The highest BCUT2D eigenvalue weighted by Crippen LogP contribution is 2.30. The Morgan fingerprint density at radius 2 is 1.36 bits per heavy atom. The van der Waals surface area contributed by atoms with Crippen LogP contribution in [0.25, 0.3) is 0 Å². The fourth-order valence-electron chi connectivity index (χ4n) is 5.87. The maximum Gasteiger partial charge on any atom is 0.254 e. The van der Waals surface area contributed by atoms with E-state index in [9.17, 15) is 19.2 Å². The quantitative estimate of drug-likeness (QED) is 0.364. The number of halogens is 1. The van der Waals surface area contributed by atoms with Crippen molar-refractivity contribution in [1.82, 2.24) is 14.7 Å². The summed E-state index contributed by atoms with van der Waals surface area (Å²) in [6.07, 6.45) is 4.84. The summed E-state index contributed by atoms with van der Waals surface area (Å²) < 4.78 is 5.37. The van der Waals surface area contributed by atoms with Crippen LogP contribution in [0.3, 0.4) is 0 Å². The fourth-order valence-corrected chi connectivity index (χ4v) is 6.00. The van der Waals surface area contributed by atoms with Gasteiger partial charge in [-0.2, -0.15) is 0 Å². The van der Waals surface area contributed by atoms with Gasteiger partial charge in [-0.3, -0.25) is 19.2 Å². The van der Waals surface area contributed by atoms with Gasteiger partial charge in [-0.25, -0.2) is 0 Å². The summed E-state index contributed by atoms with van der Waals surface area (Å²) in [7, 11) is 0. The third kappa shape index (κ3) is 7.10. The number of carbonyl (C=O) groups is 4. The first kappa shape index (κ1) is 30.6. The molecule has 1 fully saturated rings. The van der Waals surface area contributed by atoms with E-state index in [2.05, 4.69) is 0 Å². The summed E-state index contributed by atoms with van der Waals surface area (Å²) in [5, 5.41) is 0.527. The molecular weight excluding hydrogens is 592 g/mol. The minimum absolute atomic E-state index is 0.0321. The van der Waals surface area contributed by atoms with E-state index in [0.29, 0.717) is 74.1 Å². The number of amides is 4. The van der Waals surface area contributed by atoms with Gasteiger partial charge < -0.3 is 24.3 Å². The molecule has 0 bridgehead atoms. The average molecular weight is 627 g/mol. The molecule has 3 aromatic rings. The lowest BCUT2D eigenvalue weighted by atomic mass is 10.0. The Bertz CT molecular complexity index is 1610. The molecule has 0 unspecified atom stereocenters. The number of ether oxygens (including phenoxy) is 1. The van der Waals surface area contributed by atoms with E-state index in [0.717, 1.165) is 16.7 Å². The number of fused-ring (bicyclic) bond motifs is 1. The number of rotatable bonds is 7. The maximum atomic E-state index is 13.9. The summed E-state index contributed by atoms with van der Waals surface area (Å²) in [5.74, 6) is -0.427. The van der Waals surface area contributed by atoms with E-state index in [1.807, 2.05) is 47.4 Å². The van der Waals surface area contributed by atoms with Crippen molar-refractivity contribution < 1.29 is 23.9 Å². The van der Waals surface area contributed by atoms with Gasteiger partial charge in [0.1, 0.15) is 6.54 Å². The molecule has 45 heavy (non-hydrogen) atoms. The van der Waals surface area contributed by atoms with Crippen LogP contribution in [-0.2, 0) is 33.8 Å². The Morgan fingerprint density at radius 1 is 0.733 bits per heavy atom. The normalized spacial score (nSPS) is 16.5. The monoisotopic (exact) mass is 626 g/mol. The molecule has 3 aliphatic heterocycles. The van der Waals surface area contributed by atoms with Crippen LogP contribution in [0.4, 0.5) is 5.69 Å². The van der Waals surface area contributed by atoms with Crippen LogP contribution in [0.5, 0.6) is 0 Å². The van der Waals surface area contributed by atoms with E-state index in [1.54, 1.807) is 51.1 Å². The summed E-state index contributed by atoms with van der Waals surface area (Å²) in [6.45, 7) is 3.93. The Morgan fingerprint density at radius 3 is 2.04 bits per heavy atom. The van der Waals surface area contributed by atoms with E-state index in [-0.39, 0.29) is 43.3 Å². The summed E-state index contributed by atoms with van der Waals surface area (Å²) in [4.78, 5) is 59.9. The molecular formula is C35H35ClN4O5. The number of carbonyl (C=O) groups excluding carboxylic acids is 4. The lowest BCUT2D eigenvalue weighted by Gasteiger charge is -2.27. The first-order valence-electron chi connectivity index (χ1n) is 15.2. The highest BCUT2D eigenvalue weighted by atomic mass is 35.5. The number of benzene rings is 3. The molecule has 3 aromatic carbocycles. The fraction of sp³-hybridized carbons (Fsp3) is 0.314. The summed E-state index contributed by atoms with van der Waals surface area (Å²) in [5.41, 5.74) is 4.39. The lowest BCUT2D eigenvalue weighted by Crippen LogP contribution is -2.40. The predicted molar refractivity (Wildman–Crippen MR) is 171 cm³/mol. The van der Waals surface area contributed by atoms with E-state index >= 15 is 0 Å². The first-order valence-corrected chi connectivity index (χ1v) is 15.6. The Labute approximate surface area is 267 Å². The van der Waals surface area contributed by atoms with E-state index in [1.165, 1.54) is 0 Å². The number of aryl methyl sites for hydroxylation is 1. The van der Waals surface area contributed by atoms with Crippen molar-refractivity contribution in [3.05, 3.63) is 112 Å². The zero-order chi connectivity index (χ0) is 31.3. The second-order valence-electron chi connectivity index (χ2n) is 11.5. The molecule has 3 heterocycles. The van der Waals surface area contributed by atoms with Crippen molar-refractivity contribution in [1.29, 1.82) is 0 Å². The smallest absolute Gasteiger partial charge is 0.254 e. The van der Waals surface area contributed by atoms with Gasteiger partial charge in [0, 0.05) is 61.0 Å². The summed E-state index contributed by atoms with van der Waals surface area (Å²) in [6, 6.07) is 19.9. The molecule has 6 rings (SSSR count). The standard InChI is InChI=1S/C35H35ClN4O5/c36-30-12-10-28(11-13-30)35(44)39-23-29-9-3-25(6-14-32(41)37-17-19-45-20-18-37)21-31(29)40(33(42)24-39)22-26-4-7-27(8-5-26)34(43)38-15-1-2-16-38/h1-5,7-13,21H,6,14-20,22-24H2. The van der Waals surface area contributed by atoms with Crippen LogP contribution in [0.1, 0.15) is 43.8 Å². The van der Waals surface area contributed by atoms with Gasteiger partial charge in [0.25, 0.3) is 11.8 Å². The van der Waals surface area contributed by atoms with Crippen LogP contribution >= 0.6 is 11.6 Å². The number of hydrogen-bond acceptors (Lipinski definition) is 5. The van der Waals surface area contributed by atoms with Gasteiger partial charge in [0.15, 0.2) is 0 Å². The average Bonchev–Trinajstić information content (AvgIpc) is 3.58. The molecule has 0 atom stereocenters. The van der Waals surface area contributed by atoms with Crippen molar-refractivity contribution in [3.63, 3.8) is 0 Å². The van der Waals surface area contributed by atoms with Crippen molar-refractivity contribution in [3.8, 4) is 0 Å². The molecule has 0 saturated carbocycles. The third-order valence-corrected chi connectivity index (χ3v) is 8.70. The maximum absolute atomic E-state index is 13.9. The molecule has 9 nitrogen and oxygen atoms in total. The van der Waals surface area contributed by atoms with Gasteiger partial charge in [0.2, 0.25) is 11.8 Å². The molecule has 232 valence electrons. The molecule has 0 aliphatic carbocycles. The van der Waals surface area contributed by atoms with Gasteiger partial charge >= 0.3 is 0 Å². The Kier molecular flexibility index (Phi) is 9.28. The van der Waals surface area contributed by atoms with Crippen LogP contribution < -0.4 is 4.90 Å². The number of nitrogens with zero attached hydrogens (tertiary/aromatic N) is 4. The minimum Gasteiger partial charge on any atom is -0.378 e. The largest absolute Gasteiger partial charge is 0.378 e. The van der Waals surface area contributed by atoms with Gasteiger partial charge in [-0.15, -0.1) is 0 Å². The number of anilines is 1. The van der Waals surface area contributed by atoms with Crippen LogP contribution in [0.2, 0.25) is 5.02 Å². The van der Waals surface area contributed by atoms with E-state index in [4.69, 9.17) is 16.3 Å². The SMILES string of the molecule is O=C(CCc1ccc2c(c1)N(Cc1ccc(C(=O)N3CC=CC3)cc1)C(=O)CN(C(=O)c1ccc(Cl)cc1)C2)N1CCOCC1. The molecule has 0 radical (unpaired) electrons. The van der Waals surface area contributed by atoms with Crippen molar-refractivity contribution in [2.45, 2.75) is 25.9 Å². The molecule has 4 amide bonds. The molecule has 3 aliphatic rings. The topological polar surface area (TPSA) is 90.5 Å². The number of hydrogen-bond donors (Lipinski definition) is 0. The Hall–Kier alpha value is -4.47. The molecule has 0 N–H and O–H groups in total. The highest BCUT2D eigenvalue weighted by Gasteiger charge is 2.30. The number of morpholine rings is 1. The van der Waals surface area contributed by atoms with Crippen molar-refractivity contribution in [2.24, 2.45) is 0 Å². The third-order valence-electron chi connectivity index (χ3n) is 8.45. The zero-order valence-corrected chi connectivity index (χ0v) is 25.7. The molecule has 1 saturated heterocycles. The molecule has 0 aromatic heterocycles. The first-order chi connectivity index (χ1) is 21.9. The molecule has 10 heteroatoms. The minimum atomic E-state index is -0.257. The highest BCUT2D eigenvalue weighted by molar-refractivity contribution is 6.30.